The lowest BCUT2D eigenvalue weighted by Gasteiger charge is -2.32. The maximum atomic E-state index is 12.6. The first kappa shape index (κ1) is 22.6. The van der Waals surface area contributed by atoms with E-state index in [1.165, 1.54) is 0 Å². The lowest BCUT2D eigenvalue weighted by Crippen LogP contribution is -2.51. The third kappa shape index (κ3) is 5.20. The summed E-state index contributed by atoms with van der Waals surface area (Å²) < 4.78 is 2.03. The van der Waals surface area contributed by atoms with Crippen molar-refractivity contribution in [3.05, 3.63) is 66.1 Å². The van der Waals surface area contributed by atoms with E-state index >= 15 is 0 Å². The summed E-state index contributed by atoms with van der Waals surface area (Å²) in [6.07, 6.45) is 4.07. The van der Waals surface area contributed by atoms with Crippen LogP contribution < -0.4 is 5.32 Å². The lowest BCUT2D eigenvalue weighted by molar-refractivity contribution is 0.0709. The molecule has 2 aromatic heterocycles. The Bertz CT molecular complexity index is 883. The number of fused-ring (bicyclic) bond motifs is 1. The number of amides is 1. The molecule has 0 saturated carbocycles. The van der Waals surface area contributed by atoms with Crippen molar-refractivity contribution in [1.29, 1.82) is 0 Å². The normalized spacial score (nSPS) is 16.3. The first-order valence-electron chi connectivity index (χ1n) is 8.87. The summed E-state index contributed by atoms with van der Waals surface area (Å²) >= 11 is 1.73. The zero-order valence-corrected chi connectivity index (χ0v) is 18.0. The number of thioether (sulfide) groups is 1. The number of pyridine rings is 1. The van der Waals surface area contributed by atoms with Crippen LogP contribution in [0.2, 0.25) is 0 Å². The number of nitrogens with one attached hydrogen (secondary N) is 1. The molecule has 3 aromatic rings. The Morgan fingerprint density at radius 2 is 2.00 bits per heavy atom. The number of benzene rings is 1. The molecule has 1 N–H and O–H groups in total. The highest BCUT2D eigenvalue weighted by atomic mass is 35.5. The predicted molar refractivity (Wildman–Crippen MR) is 119 cm³/mol. The van der Waals surface area contributed by atoms with Crippen LogP contribution in [-0.2, 0) is 5.75 Å². The van der Waals surface area contributed by atoms with E-state index in [0.717, 1.165) is 47.2 Å². The third-order valence-corrected chi connectivity index (χ3v) is 5.60. The molecular weight excluding hydrogens is 415 g/mol. The van der Waals surface area contributed by atoms with Gasteiger partial charge in [-0.1, -0.05) is 6.07 Å². The lowest BCUT2D eigenvalue weighted by atomic mass is 10.1. The van der Waals surface area contributed by atoms with Crippen molar-refractivity contribution >= 4 is 48.1 Å². The molecule has 1 amide bonds. The van der Waals surface area contributed by atoms with E-state index < -0.39 is 0 Å². The molecule has 150 valence electrons. The molecule has 28 heavy (non-hydrogen) atoms. The molecule has 8 heteroatoms. The number of hydrogen-bond acceptors (Lipinski definition) is 4. The average molecular weight is 439 g/mol. The van der Waals surface area contributed by atoms with Crippen LogP contribution in [0.5, 0.6) is 0 Å². The van der Waals surface area contributed by atoms with Gasteiger partial charge in [0.05, 0.1) is 5.69 Å². The third-order valence-electron chi connectivity index (χ3n) is 4.56. The summed E-state index contributed by atoms with van der Waals surface area (Å²) in [5, 5.41) is 3.36. The average Bonchev–Trinajstić information content (AvgIpc) is 3.09. The van der Waals surface area contributed by atoms with Gasteiger partial charge in [0.2, 0.25) is 0 Å². The summed E-state index contributed by atoms with van der Waals surface area (Å²) in [6, 6.07) is 14.3. The second-order valence-corrected chi connectivity index (χ2v) is 7.67. The zero-order valence-electron chi connectivity index (χ0n) is 15.6. The largest absolute Gasteiger partial charge is 0.336 e. The minimum atomic E-state index is 0. The summed E-state index contributed by atoms with van der Waals surface area (Å²) in [4.78, 5) is 20.3. The molecule has 4 rings (SSSR count). The van der Waals surface area contributed by atoms with Gasteiger partial charge < -0.3 is 14.6 Å². The van der Waals surface area contributed by atoms with Gasteiger partial charge in [-0.3, -0.25) is 4.79 Å². The molecule has 1 fully saturated rings. The molecular formula is C20H24Cl2N4OS. The van der Waals surface area contributed by atoms with Crippen LogP contribution in [0.15, 0.2) is 59.8 Å². The Kier molecular flexibility index (Phi) is 8.19. The number of rotatable bonds is 4. The van der Waals surface area contributed by atoms with Gasteiger partial charge in [0.25, 0.3) is 5.91 Å². The number of halogens is 2. The van der Waals surface area contributed by atoms with E-state index in [4.69, 9.17) is 0 Å². The van der Waals surface area contributed by atoms with E-state index in [2.05, 4.69) is 23.4 Å². The summed E-state index contributed by atoms with van der Waals surface area (Å²) in [5.74, 6) is 0.930. The van der Waals surface area contributed by atoms with Crippen molar-refractivity contribution in [2.24, 2.45) is 0 Å². The quantitative estimate of drug-likeness (QED) is 0.627. The highest BCUT2D eigenvalue weighted by molar-refractivity contribution is 7.98. The minimum absolute atomic E-state index is 0. The van der Waals surface area contributed by atoms with Gasteiger partial charge in [-0.05, 0) is 43.3 Å². The standard InChI is InChI=1S/C20H22N4OS.2ClH/c1-15-12-24(11-9-21-15)20(25)16-5-7-18(8-6-16)26-14-17-13-23-10-3-2-4-19(23)22-17;;/h2-8,10,13,15,21H,9,11-12,14H2,1H3;2*1H. The first-order chi connectivity index (χ1) is 12.7. The van der Waals surface area contributed by atoms with E-state index in [-0.39, 0.29) is 30.7 Å². The Morgan fingerprint density at radius 1 is 1.21 bits per heavy atom. The molecule has 0 radical (unpaired) electrons. The van der Waals surface area contributed by atoms with E-state index in [1.807, 2.05) is 58.0 Å². The van der Waals surface area contributed by atoms with Crippen molar-refractivity contribution in [3.8, 4) is 0 Å². The number of nitrogens with zero attached hydrogens (tertiary/aromatic N) is 3. The number of imidazole rings is 1. The molecule has 5 nitrogen and oxygen atoms in total. The van der Waals surface area contributed by atoms with Crippen LogP contribution in [0.3, 0.4) is 0 Å². The maximum Gasteiger partial charge on any atom is 0.253 e. The van der Waals surface area contributed by atoms with Crippen LogP contribution in [0, 0.1) is 0 Å². The van der Waals surface area contributed by atoms with Crippen LogP contribution >= 0.6 is 36.6 Å². The molecule has 0 bridgehead atoms. The fourth-order valence-electron chi connectivity index (χ4n) is 3.21. The van der Waals surface area contributed by atoms with E-state index in [0.29, 0.717) is 6.04 Å². The van der Waals surface area contributed by atoms with Gasteiger partial charge in [-0.15, -0.1) is 36.6 Å². The van der Waals surface area contributed by atoms with Crippen LogP contribution in [-0.4, -0.2) is 45.9 Å². The van der Waals surface area contributed by atoms with Crippen molar-refractivity contribution in [2.45, 2.75) is 23.6 Å². The summed E-state index contributed by atoms with van der Waals surface area (Å²) in [7, 11) is 0. The first-order valence-corrected chi connectivity index (χ1v) is 9.86. The number of piperazine rings is 1. The van der Waals surface area contributed by atoms with Gasteiger partial charge in [0, 0.05) is 54.3 Å². The van der Waals surface area contributed by atoms with Gasteiger partial charge in [0.15, 0.2) is 0 Å². The molecule has 1 aromatic carbocycles. The van der Waals surface area contributed by atoms with Crippen LogP contribution in [0.1, 0.15) is 23.0 Å². The molecule has 1 aliphatic heterocycles. The molecule has 3 heterocycles. The molecule has 1 aliphatic rings. The molecule has 1 atom stereocenters. The second-order valence-electron chi connectivity index (χ2n) is 6.62. The van der Waals surface area contributed by atoms with Crippen LogP contribution in [0.4, 0.5) is 0 Å². The van der Waals surface area contributed by atoms with Crippen molar-refractivity contribution < 1.29 is 4.79 Å². The predicted octanol–water partition coefficient (Wildman–Crippen LogP) is 3.90. The van der Waals surface area contributed by atoms with Gasteiger partial charge in [0.1, 0.15) is 5.65 Å². The van der Waals surface area contributed by atoms with Gasteiger partial charge >= 0.3 is 0 Å². The summed E-state index contributed by atoms with van der Waals surface area (Å²) in [5.41, 5.74) is 2.78. The number of carbonyl (C=O) groups excluding carboxylic acids is 1. The smallest absolute Gasteiger partial charge is 0.253 e. The topological polar surface area (TPSA) is 49.6 Å². The molecule has 1 unspecified atom stereocenters. The van der Waals surface area contributed by atoms with Gasteiger partial charge in [-0.25, -0.2) is 4.98 Å². The van der Waals surface area contributed by atoms with E-state index in [9.17, 15) is 4.79 Å². The fraction of sp³-hybridized carbons (Fsp3) is 0.300. The fourth-order valence-corrected chi connectivity index (χ4v) is 3.99. The zero-order chi connectivity index (χ0) is 17.9. The maximum absolute atomic E-state index is 12.6. The Hall–Kier alpha value is -1.73. The highest BCUT2D eigenvalue weighted by Crippen LogP contribution is 2.23. The van der Waals surface area contributed by atoms with Gasteiger partial charge in [-0.2, -0.15) is 0 Å². The van der Waals surface area contributed by atoms with E-state index in [1.54, 1.807) is 11.8 Å². The monoisotopic (exact) mass is 438 g/mol. The highest BCUT2D eigenvalue weighted by Gasteiger charge is 2.21. The SMILES string of the molecule is CC1CN(C(=O)c2ccc(SCc3cn4ccccc4n3)cc2)CCN1.Cl.Cl. The minimum Gasteiger partial charge on any atom is -0.336 e. The second kappa shape index (κ2) is 10.2. The van der Waals surface area contributed by atoms with Crippen LogP contribution in [0.25, 0.3) is 5.65 Å². The number of aromatic nitrogens is 2. The van der Waals surface area contributed by atoms with Crippen molar-refractivity contribution in [1.82, 2.24) is 19.6 Å². The Morgan fingerprint density at radius 3 is 2.71 bits per heavy atom. The summed E-state index contributed by atoms with van der Waals surface area (Å²) in [6.45, 7) is 4.51. The Balaban J connectivity index is 0.00000140. The van der Waals surface area contributed by atoms with Crippen molar-refractivity contribution in [3.63, 3.8) is 0 Å². The number of carbonyl (C=O) groups is 1. The Labute approximate surface area is 181 Å². The molecule has 1 saturated heterocycles. The number of hydrogen-bond donors (Lipinski definition) is 1. The molecule has 0 spiro atoms. The molecule has 0 aliphatic carbocycles. The van der Waals surface area contributed by atoms with Crippen molar-refractivity contribution in [2.75, 3.05) is 19.6 Å².